The van der Waals surface area contributed by atoms with Gasteiger partial charge in [-0.1, -0.05) is 57.7 Å². The van der Waals surface area contributed by atoms with Crippen molar-refractivity contribution in [1.29, 1.82) is 0 Å². The SMILES string of the molecule is C=C1[C@@H](OC(=O)[C@H](O)[C@H](c2ccccc2)N(C)C)C[C@H](OC(C)=O)[C@@]2(C)[C@@H](OC(C)=O)[C@H](OC(C)=O)[C@@]3(O)C(C)=C(OC(C)=O)C[C@@H]([C@@H](OC(C)=O)[C@H]12)C3(C)C. The Balaban J connectivity index is 2.04. The van der Waals surface area contributed by atoms with E-state index in [1.807, 2.05) is 0 Å². The van der Waals surface area contributed by atoms with Gasteiger partial charge in [-0.25, -0.2) is 4.79 Å². The van der Waals surface area contributed by atoms with Crippen LogP contribution in [0.15, 0.2) is 53.8 Å². The van der Waals surface area contributed by atoms with Crippen molar-refractivity contribution in [3.05, 3.63) is 59.4 Å². The Morgan fingerprint density at radius 2 is 1.34 bits per heavy atom. The highest BCUT2D eigenvalue weighted by molar-refractivity contribution is 5.76. The van der Waals surface area contributed by atoms with Crippen LogP contribution in [0.1, 0.15) is 86.8 Å². The number of rotatable bonds is 10. The Morgan fingerprint density at radius 3 is 1.84 bits per heavy atom. The van der Waals surface area contributed by atoms with Crippen molar-refractivity contribution < 1.29 is 67.4 Å². The summed E-state index contributed by atoms with van der Waals surface area (Å²) >= 11 is 0. The van der Waals surface area contributed by atoms with Gasteiger partial charge in [-0.05, 0) is 32.2 Å². The van der Waals surface area contributed by atoms with Gasteiger partial charge in [0.15, 0.2) is 18.3 Å². The van der Waals surface area contributed by atoms with E-state index in [0.29, 0.717) is 5.56 Å². The fourth-order valence-corrected chi connectivity index (χ4v) is 9.37. The van der Waals surface area contributed by atoms with Gasteiger partial charge in [0.2, 0.25) is 0 Å². The summed E-state index contributed by atoms with van der Waals surface area (Å²) in [4.78, 5) is 80.3. The van der Waals surface area contributed by atoms with Crippen molar-refractivity contribution in [3.8, 4) is 0 Å². The number of aliphatic hydroxyl groups is 2. The molecule has 0 saturated heterocycles. The van der Waals surface area contributed by atoms with E-state index in [1.165, 1.54) is 20.8 Å². The van der Waals surface area contributed by atoms with Crippen molar-refractivity contribution in [1.82, 2.24) is 4.90 Å². The van der Waals surface area contributed by atoms with Crippen LogP contribution < -0.4 is 0 Å². The third-order valence-electron chi connectivity index (χ3n) is 11.9. The molecule has 15 heteroatoms. The maximum absolute atomic E-state index is 14.0. The lowest BCUT2D eigenvalue weighted by molar-refractivity contribution is -0.278. The second-order valence-electron chi connectivity index (χ2n) is 16.0. The van der Waals surface area contributed by atoms with Gasteiger partial charge in [0.05, 0.1) is 11.5 Å². The fourth-order valence-electron chi connectivity index (χ4n) is 9.37. The van der Waals surface area contributed by atoms with E-state index in [4.69, 9.17) is 28.4 Å². The third kappa shape index (κ3) is 7.98. The number of allylic oxidation sites excluding steroid dienone is 1. The molecule has 0 aromatic heterocycles. The largest absolute Gasteiger partial charge is 0.462 e. The highest BCUT2D eigenvalue weighted by atomic mass is 16.6. The molecule has 4 rings (SSSR count). The first-order valence-corrected chi connectivity index (χ1v) is 18.5. The summed E-state index contributed by atoms with van der Waals surface area (Å²) in [6.45, 7) is 16.4. The fraction of sp³-hybridized carbons (Fsp3) is 0.610. The van der Waals surface area contributed by atoms with Crippen LogP contribution in [-0.4, -0.2) is 107 Å². The van der Waals surface area contributed by atoms with Crippen molar-refractivity contribution in [2.75, 3.05) is 14.1 Å². The first-order chi connectivity index (χ1) is 25.9. The van der Waals surface area contributed by atoms with Crippen LogP contribution >= 0.6 is 0 Å². The number of hydrogen-bond donors (Lipinski definition) is 2. The van der Waals surface area contributed by atoms with Gasteiger partial charge >= 0.3 is 35.8 Å². The Bertz CT molecular complexity index is 1770. The molecule has 2 saturated carbocycles. The number of hydrogen-bond acceptors (Lipinski definition) is 15. The summed E-state index contributed by atoms with van der Waals surface area (Å²) in [7, 11) is 3.38. The summed E-state index contributed by atoms with van der Waals surface area (Å²) < 4.78 is 35.9. The van der Waals surface area contributed by atoms with Crippen molar-refractivity contribution in [2.45, 2.75) is 123 Å². The van der Waals surface area contributed by atoms with Gasteiger partial charge < -0.3 is 38.6 Å². The number of likely N-dealkylation sites (N-methyl/N-ethyl adjacent to an activating group) is 1. The zero-order valence-electron chi connectivity index (χ0n) is 33.9. The lowest BCUT2D eigenvalue weighted by Gasteiger charge is -2.64. The predicted molar refractivity (Wildman–Crippen MR) is 198 cm³/mol. The van der Waals surface area contributed by atoms with Crippen LogP contribution in [0.2, 0.25) is 0 Å². The van der Waals surface area contributed by atoms with Gasteiger partial charge in [0.1, 0.15) is 29.7 Å². The van der Waals surface area contributed by atoms with Crippen molar-refractivity contribution in [3.63, 3.8) is 0 Å². The first kappa shape index (κ1) is 44.1. The summed E-state index contributed by atoms with van der Waals surface area (Å²) in [5.74, 6) is -7.25. The van der Waals surface area contributed by atoms with Crippen molar-refractivity contribution in [2.24, 2.45) is 22.7 Å². The molecule has 2 fully saturated rings. The summed E-state index contributed by atoms with van der Waals surface area (Å²) in [6.07, 6.45) is -9.50. The molecule has 0 amide bonds. The molecule has 11 atom stereocenters. The predicted octanol–water partition coefficient (Wildman–Crippen LogP) is 3.50. The molecule has 0 spiro atoms. The molecular formula is C41H55NO14. The monoisotopic (exact) mass is 785 g/mol. The number of esters is 6. The van der Waals surface area contributed by atoms with Crippen LogP contribution in [0.25, 0.3) is 0 Å². The number of benzene rings is 1. The second kappa shape index (κ2) is 16.5. The molecule has 15 nitrogen and oxygen atoms in total. The normalized spacial score (nSPS) is 32.0. The molecule has 3 aliphatic rings. The van der Waals surface area contributed by atoms with E-state index < -0.39 is 107 Å². The molecule has 0 unspecified atom stereocenters. The Labute approximate surface area is 327 Å². The maximum atomic E-state index is 14.0. The zero-order valence-corrected chi connectivity index (χ0v) is 33.9. The van der Waals surface area contributed by atoms with Gasteiger partial charge in [-0.2, -0.15) is 0 Å². The minimum absolute atomic E-state index is 0.00324. The summed E-state index contributed by atoms with van der Waals surface area (Å²) in [5.41, 5.74) is -4.61. The van der Waals surface area contributed by atoms with Gasteiger partial charge in [-0.3, -0.25) is 28.9 Å². The van der Waals surface area contributed by atoms with Crippen LogP contribution in [0.4, 0.5) is 0 Å². The Kier molecular flexibility index (Phi) is 13.0. The lowest BCUT2D eigenvalue weighted by Crippen LogP contribution is -2.75. The number of ether oxygens (including phenoxy) is 6. The molecule has 1 aromatic rings. The molecule has 0 heterocycles. The molecule has 56 heavy (non-hydrogen) atoms. The van der Waals surface area contributed by atoms with Crippen LogP contribution in [-0.2, 0) is 57.2 Å². The number of carbonyl (C=O) groups is 6. The molecule has 0 aliphatic heterocycles. The average Bonchev–Trinajstić information content (AvgIpc) is 3.07. The Hall–Kier alpha value is -4.60. The standard InChI is InChI=1S/C41H55NO14/c1-20-29(56-38(49)34(48)33(42(11)12)27-16-14-13-15-17-27)19-31(52-23(4)44)40(10)32(20)35(53-24(5)45)28-18-30(51-22(3)43)21(2)41(50,39(28,8)9)37(55-26(7)47)36(40)54-25(6)46/h13-17,28-29,31-37,48,50H,1,18-19H2,2-12H3/t28-,29-,31-,32-,33-,34+,35+,36-,37-,40+,41-/m0/s1. The maximum Gasteiger partial charge on any atom is 0.337 e. The quantitative estimate of drug-likeness (QED) is 0.198. The number of fused-ring (bicyclic) bond motifs is 3. The first-order valence-electron chi connectivity index (χ1n) is 18.5. The second-order valence-corrected chi connectivity index (χ2v) is 16.0. The minimum atomic E-state index is -2.28. The molecular weight excluding hydrogens is 730 g/mol. The topological polar surface area (TPSA) is 201 Å². The van der Waals surface area contributed by atoms with Gasteiger partial charge in [0, 0.05) is 70.3 Å². The van der Waals surface area contributed by atoms with E-state index in [2.05, 4.69) is 6.58 Å². The molecule has 2 bridgehead atoms. The summed E-state index contributed by atoms with van der Waals surface area (Å²) in [5, 5.41) is 24.7. The van der Waals surface area contributed by atoms with Crippen LogP contribution in [0, 0.1) is 22.7 Å². The summed E-state index contributed by atoms with van der Waals surface area (Å²) in [6, 6.07) is 8.00. The van der Waals surface area contributed by atoms with E-state index in [1.54, 1.807) is 70.1 Å². The highest BCUT2D eigenvalue weighted by Crippen LogP contribution is 2.64. The van der Waals surface area contributed by atoms with Crippen LogP contribution in [0.3, 0.4) is 0 Å². The zero-order chi connectivity index (χ0) is 42.2. The van der Waals surface area contributed by atoms with Crippen LogP contribution in [0.5, 0.6) is 0 Å². The smallest absolute Gasteiger partial charge is 0.337 e. The lowest BCUT2D eigenvalue weighted by atomic mass is 9.45. The Morgan fingerprint density at radius 1 is 0.804 bits per heavy atom. The number of carbonyl (C=O) groups excluding carboxylic acids is 6. The average molecular weight is 786 g/mol. The van der Waals surface area contributed by atoms with Crippen molar-refractivity contribution >= 4 is 35.8 Å². The highest BCUT2D eigenvalue weighted by Gasteiger charge is 2.73. The molecule has 3 aliphatic carbocycles. The molecule has 308 valence electrons. The van der Waals surface area contributed by atoms with E-state index >= 15 is 0 Å². The third-order valence-corrected chi connectivity index (χ3v) is 11.9. The van der Waals surface area contributed by atoms with Gasteiger partial charge in [-0.15, -0.1) is 0 Å². The van der Waals surface area contributed by atoms with E-state index in [9.17, 15) is 39.0 Å². The minimum Gasteiger partial charge on any atom is -0.462 e. The number of nitrogens with zero attached hydrogens (tertiary/aromatic N) is 1. The molecule has 1 aromatic carbocycles. The number of aliphatic hydroxyl groups excluding tert-OH is 1. The molecule has 0 radical (unpaired) electrons. The van der Waals surface area contributed by atoms with E-state index in [-0.39, 0.29) is 29.7 Å². The van der Waals surface area contributed by atoms with E-state index in [0.717, 1.165) is 20.8 Å². The molecule has 2 N–H and O–H groups in total. The van der Waals surface area contributed by atoms with Gasteiger partial charge in [0.25, 0.3) is 0 Å².